The Balaban J connectivity index is 0.00000243. The molecule has 0 unspecified atom stereocenters. The summed E-state index contributed by atoms with van der Waals surface area (Å²) in [7, 11) is 1.84. The molecule has 2 heterocycles. The van der Waals surface area contributed by atoms with Gasteiger partial charge in [-0.15, -0.1) is 0 Å². The fourth-order valence-electron chi connectivity index (χ4n) is 2.94. The summed E-state index contributed by atoms with van der Waals surface area (Å²) < 4.78 is 29.8. The number of hydrogen-bond acceptors (Lipinski definition) is 2. The van der Waals surface area contributed by atoms with E-state index in [4.69, 9.17) is 0 Å². The van der Waals surface area contributed by atoms with Crippen LogP contribution < -0.4 is 28.5 Å². The van der Waals surface area contributed by atoms with Crippen molar-refractivity contribution in [3.63, 3.8) is 0 Å². The van der Waals surface area contributed by atoms with Crippen molar-refractivity contribution >= 4 is 11.6 Å². The number of nitriles is 1. The predicted octanol–water partition coefficient (Wildman–Crippen LogP) is -0.364. The number of allylic oxidation sites excluding steroid dienone is 1. The zero-order valence-corrected chi connectivity index (χ0v) is 16.3. The topological polar surface area (TPSA) is 52.9 Å². The van der Waals surface area contributed by atoms with Crippen molar-refractivity contribution in [2.75, 3.05) is 13.1 Å². The van der Waals surface area contributed by atoms with Crippen molar-refractivity contribution in [1.29, 1.82) is 5.26 Å². The molecule has 0 saturated carbocycles. The quantitative estimate of drug-likeness (QED) is 0.325. The first-order valence-corrected chi connectivity index (χ1v) is 7.89. The van der Waals surface area contributed by atoms with E-state index < -0.39 is 11.6 Å². The Bertz CT molecular complexity index is 891. The standard InChI is InChI=1S/C18H17F2N4O.HI/c1-22-8-9-24(12-22)18(25)23-6-4-13(5-7-23)15(11-21)14-2-3-16(19)17(20)10-14;/h2-3,8-10,12H,4-7H2,1H3;1H/q+1;/p-1. The van der Waals surface area contributed by atoms with Gasteiger partial charge in [0.2, 0.25) is 0 Å². The van der Waals surface area contributed by atoms with Gasteiger partial charge in [0.25, 0.3) is 6.33 Å². The summed E-state index contributed by atoms with van der Waals surface area (Å²) in [5.41, 5.74) is 1.59. The van der Waals surface area contributed by atoms with E-state index in [9.17, 15) is 18.8 Å². The van der Waals surface area contributed by atoms with Gasteiger partial charge in [0.05, 0.1) is 18.7 Å². The molecule has 1 aliphatic heterocycles. The van der Waals surface area contributed by atoms with Gasteiger partial charge in [-0.25, -0.2) is 18.1 Å². The summed E-state index contributed by atoms with van der Waals surface area (Å²) in [4.78, 5) is 14.1. The SMILES string of the molecule is C[n+]1ccn(C(=O)N2CCC(=C(C#N)c3ccc(F)c(F)c3)CC2)c1.[I-]. The smallest absolute Gasteiger partial charge is 0.415 e. The van der Waals surface area contributed by atoms with E-state index in [1.807, 2.05) is 7.05 Å². The third kappa shape index (κ3) is 4.09. The van der Waals surface area contributed by atoms with E-state index in [2.05, 4.69) is 6.07 Å². The van der Waals surface area contributed by atoms with Gasteiger partial charge in [0.15, 0.2) is 11.6 Å². The summed E-state index contributed by atoms with van der Waals surface area (Å²) in [6.07, 6.45) is 6.22. The predicted molar refractivity (Wildman–Crippen MR) is 86.1 cm³/mol. The third-order valence-electron chi connectivity index (χ3n) is 4.30. The van der Waals surface area contributed by atoms with Crippen LogP contribution in [0.25, 0.3) is 5.57 Å². The lowest BCUT2D eigenvalue weighted by Crippen LogP contribution is -3.00. The molecule has 0 atom stereocenters. The van der Waals surface area contributed by atoms with Crippen LogP contribution in [0.4, 0.5) is 13.6 Å². The van der Waals surface area contributed by atoms with Crippen molar-refractivity contribution in [1.82, 2.24) is 9.47 Å². The van der Waals surface area contributed by atoms with Crippen molar-refractivity contribution in [2.24, 2.45) is 7.05 Å². The Kier molecular flexibility index (Phi) is 6.47. The average molecular weight is 470 g/mol. The zero-order valence-electron chi connectivity index (χ0n) is 14.1. The molecule has 0 bridgehead atoms. The van der Waals surface area contributed by atoms with Crippen LogP contribution in [0, 0.1) is 23.0 Å². The summed E-state index contributed by atoms with van der Waals surface area (Å²) >= 11 is 0. The van der Waals surface area contributed by atoms with Crippen LogP contribution >= 0.6 is 0 Å². The molecule has 0 N–H and O–H groups in total. The molecule has 0 radical (unpaired) electrons. The second-order valence-electron chi connectivity index (χ2n) is 5.98. The number of aromatic nitrogens is 2. The Morgan fingerprint density at radius 1 is 1.23 bits per heavy atom. The molecule has 1 aromatic heterocycles. The molecule has 0 aliphatic carbocycles. The number of amides is 1. The maximum atomic E-state index is 13.4. The highest BCUT2D eigenvalue weighted by Gasteiger charge is 2.25. The fraction of sp³-hybridized carbons (Fsp3) is 0.278. The summed E-state index contributed by atoms with van der Waals surface area (Å²) in [5, 5.41) is 9.44. The minimum Gasteiger partial charge on any atom is -1.00 e. The largest absolute Gasteiger partial charge is 1.00 e. The molecule has 1 amide bonds. The number of imidazole rings is 1. The molecule has 5 nitrogen and oxygen atoms in total. The number of nitrogens with zero attached hydrogens (tertiary/aromatic N) is 4. The first-order valence-electron chi connectivity index (χ1n) is 7.89. The lowest BCUT2D eigenvalue weighted by molar-refractivity contribution is -0.670. The van der Waals surface area contributed by atoms with Crippen LogP contribution in [0.2, 0.25) is 0 Å². The maximum Gasteiger partial charge on any atom is 0.415 e. The van der Waals surface area contributed by atoms with Crippen LogP contribution in [0.15, 0.2) is 42.5 Å². The van der Waals surface area contributed by atoms with Gasteiger partial charge in [-0.1, -0.05) is 6.07 Å². The molecule has 136 valence electrons. The Morgan fingerprint density at radius 2 is 1.92 bits per heavy atom. The number of rotatable bonds is 1. The number of aryl methyl sites for hydroxylation is 1. The van der Waals surface area contributed by atoms with Gasteiger partial charge in [-0.2, -0.15) is 9.83 Å². The van der Waals surface area contributed by atoms with Gasteiger partial charge >= 0.3 is 6.03 Å². The van der Waals surface area contributed by atoms with Crippen molar-refractivity contribution < 1.29 is 42.1 Å². The van der Waals surface area contributed by atoms with Gasteiger partial charge in [-0.05, 0) is 36.1 Å². The van der Waals surface area contributed by atoms with E-state index >= 15 is 0 Å². The second kappa shape index (κ2) is 8.40. The summed E-state index contributed by atoms with van der Waals surface area (Å²) in [6.45, 7) is 0.954. The van der Waals surface area contributed by atoms with Gasteiger partial charge in [0.1, 0.15) is 12.4 Å². The molecule has 26 heavy (non-hydrogen) atoms. The number of likely N-dealkylation sites (tertiary alicyclic amines) is 1. The number of hydrogen-bond donors (Lipinski definition) is 0. The Hall–Kier alpha value is -2.28. The van der Waals surface area contributed by atoms with Gasteiger partial charge in [-0.3, -0.25) is 0 Å². The minimum absolute atomic E-state index is 0. The molecule has 3 rings (SSSR count). The molecular formula is C18H17F2IN4O. The monoisotopic (exact) mass is 470 g/mol. The molecule has 1 fully saturated rings. The van der Waals surface area contributed by atoms with Crippen LogP contribution in [-0.2, 0) is 7.05 Å². The van der Waals surface area contributed by atoms with E-state index in [-0.39, 0.29) is 30.0 Å². The number of piperidine rings is 1. The van der Waals surface area contributed by atoms with Crippen LogP contribution in [0.3, 0.4) is 0 Å². The highest BCUT2D eigenvalue weighted by molar-refractivity contribution is 5.80. The maximum absolute atomic E-state index is 13.4. The molecule has 1 saturated heterocycles. The molecule has 0 spiro atoms. The van der Waals surface area contributed by atoms with Crippen LogP contribution in [0.1, 0.15) is 18.4 Å². The molecule has 1 aliphatic rings. The normalized spacial score (nSPS) is 13.8. The van der Waals surface area contributed by atoms with Gasteiger partial charge in [0, 0.05) is 13.1 Å². The first kappa shape index (κ1) is 20.0. The van der Waals surface area contributed by atoms with Crippen molar-refractivity contribution in [3.05, 3.63) is 59.7 Å². The highest BCUT2D eigenvalue weighted by atomic mass is 127. The van der Waals surface area contributed by atoms with Crippen molar-refractivity contribution in [2.45, 2.75) is 12.8 Å². The number of halogens is 3. The average Bonchev–Trinajstić information content (AvgIpc) is 3.05. The lowest BCUT2D eigenvalue weighted by Gasteiger charge is -2.27. The molecule has 1 aromatic carbocycles. The van der Waals surface area contributed by atoms with E-state index in [0.29, 0.717) is 37.1 Å². The number of carbonyl (C=O) groups excluding carboxylic acids is 1. The molecule has 8 heteroatoms. The first-order chi connectivity index (χ1) is 12.0. The number of benzene rings is 1. The van der Waals surface area contributed by atoms with Crippen molar-refractivity contribution in [3.8, 4) is 6.07 Å². The van der Waals surface area contributed by atoms with Crippen LogP contribution in [-0.4, -0.2) is 28.6 Å². The number of carbonyl (C=O) groups is 1. The Morgan fingerprint density at radius 3 is 2.46 bits per heavy atom. The highest BCUT2D eigenvalue weighted by Crippen LogP contribution is 2.27. The van der Waals surface area contributed by atoms with Crippen LogP contribution in [0.5, 0.6) is 0 Å². The molecule has 2 aromatic rings. The summed E-state index contributed by atoms with van der Waals surface area (Å²) in [5.74, 6) is -1.91. The molecular weight excluding hydrogens is 453 g/mol. The second-order valence-corrected chi connectivity index (χ2v) is 5.98. The zero-order chi connectivity index (χ0) is 18.0. The van der Waals surface area contributed by atoms with E-state index in [1.54, 1.807) is 28.2 Å². The van der Waals surface area contributed by atoms with Gasteiger partial charge < -0.3 is 28.9 Å². The minimum atomic E-state index is -0.973. The Labute approximate surface area is 167 Å². The lowest BCUT2D eigenvalue weighted by atomic mass is 9.94. The summed E-state index contributed by atoms with van der Waals surface area (Å²) in [6, 6.07) is 5.44. The fourth-order valence-corrected chi connectivity index (χ4v) is 2.94. The van der Waals surface area contributed by atoms with E-state index in [0.717, 1.165) is 17.7 Å². The van der Waals surface area contributed by atoms with E-state index in [1.165, 1.54) is 10.6 Å². The third-order valence-corrected chi connectivity index (χ3v) is 4.30.